The summed E-state index contributed by atoms with van der Waals surface area (Å²) in [5, 5.41) is 16.9. The molecule has 0 radical (unpaired) electrons. The molecule has 5 nitrogen and oxygen atoms in total. The van der Waals surface area contributed by atoms with E-state index in [1.807, 2.05) is 20.8 Å². The van der Waals surface area contributed by atoms with E-state index in [0.717, 1.165) is 4.90 Å². The molecule has 6 heteroatoms. The number of rotatable bonds is 4. The maximum atomic E-state index is 10.7. The molecule has 0 amide bonds. The van der Waals surface area contributed by atoms with Gasteiger partial charge in [0.05, 0.1) is 11.3 Å². The second-order valence-corrected chi connectivity index (χ2v) is 6.42. The van der Waals surface area contributed by atoms with Gasteiger partial charge in [0.15, 0.2) is 0 Å². The molecular formula is C14H16N2O3S. The normalized spacial score (nSPS) is 11.6. The average molecular weight is 292 g/mol. The number of carboxylic acids is 1. The van der Waals surface area contributed by atoms with E-state index in [2.05, 4.69) is 10.2 Å². The van der Waals surface area contributed by atoms with E-state index < -0.39 is 5.97 Å². The Kier molecular flexibility index (Phi) is 4.13. The molecule has 2 aromatic rings. The standard InChI is InChI=1S/C14H16N2O3S/c1-14(2,3)13-16-15-11(19-13)8-20-10-6-4-9(5-7-10)12(17)18/h4-7H,8H2,1-3H3,(H,17,18). The number of thioether (sulfide) groups is 1. The molecule has 0 aliphatic carbocycles. The number of aromatic carboxylic acids is 1. The molecule has 20 heavy (non-hydrogen) atoms. The minimum absolute atomic E-state index is 0.154. The van der Waals surface area contributed by atoms with Crippen molar-refractivity contribution in [3.05, 3.63) is 41.6 Å². The SMILES string of the molecule is CC(C)(C)c1nnc(CSc2ccc(C(=O)O)cc2)o1. The number of carboxylic acid groups (broad SMARTS) is 1. The van der Waals surface area contributed by atoms with Crippen LogP contribution >= 0.6 is 11.8 Å². The summed E-state index contributed by atoms with van der Waals surface area (Å²) in [6.45, 7) is 6.05. The number of benzene rings is 1. The van der Waals surface area contributed by atoms with Crippen molar-refractivity contribution < 1.29 is 14.3 Å². The first kappa shape index (κ1) is 14.6. The maximum absolute atomic E-state index is 10.7. The summed E-state index contributed by atoms with van der Waals surface area (Å²) in [6, 6.07) is 6.71. The molecule has 0 aliphatic rings. The molecular weight excluding hydrogens is 276 g/mol. The quantitative estimate of drug-likeness (QED) is 0.871. The minimum Gasteiger partial charge on any atom is -0.478 e. The van der Waals surface area contributed by atoms with E-state index in [1.165, 1.54) is 11.8 Å². The second kappa shape index (κ2) is 5.66. The Morgan fingerprint density at radius 1 is 1.25 bits per heavy atom. The number of aromatic nitrogens is 2. The van der Waals surface area contributed by atoms with Gasteiger partial charge >= 0.3 is 5.97 Å². The third-order valence-electron chi connectivity index (χ3n) is 2.57. The van der Waals surface area contributed by atoms with Crippen LogP contribution in [0, 0.1) is 0 Å². The Hall–Kier alpha value is -1.82. The first-order chi connectivity index (χ1) is 9.36. The van der Waals surface area contributed by atoms with Gasteiger partial charge in [-0.25, -0.2) is 4.79 Å². The lowest BCUT2D eigenvalue weighted by molar-refractivity contribution is 0.0697. The molecule has 0 saturated carbocycles. The van der Waals surface area contributed by atoms with Crippen molar-refractivity contribution in [3.63, 3.8) is 0 Å². The lowest BCUT2D eigenvalue weighted by Gasteiger charge is -2.10. The molecule has 0 saturated heterocycles. The van der Waals surface area contributed by atoms with Gasteiger partial charge in [0.1, 0.15) is 0 Å². The molecule has 0 bridgehead atoms. The molecule has 0 spiro atoms. The summed E-state index contributed by atoms with van der Waals surface area (Å²) < 4.78 is 5.59. The van der Waals surface area contributed by atoms with Crippen molar-refractivity contribution in [3.8, 4) is 0 Å². The summed E-state index contributed by atoms with van der Waals surface area (Å²) in [7, 11) is 0. The molecule has 2 rings (SSSR count). The fourth-order valence-electron chi connectivity index (χ4n) is 1.45. The highest BCUT2D eigenvalue weighted by molar-refractivity contribution is 7.98. The highest BCUT2D eigenvalue weighted by Gasteiger charge is 2.21. The molecule has 0 fully saturated rings. The van der Waals surface area contributed by atoms with Crippen LogP contribution < -0.4 is 0 Å². The van der Waals surface area contributed by atoms with Crippen LogP contribution in [0.2, 0.25) is 0 Å². The summed E-state index contributed by atoms with van der Waals surface area (Å²) in [4.78, 5) is 11.7. The number of carbonyl (C=O) groups is 1. The highest BCUT2D eigenvalue weighted by Crippen LogP contribution is 2.25. The van der Waals surface area contributed by atoms with E-state index in [1.54, 1.807) is 24.3 Å². The third-order valence-corrected chi connectivity index (χ3v) is 3.57. The number of nitrogens with zero attached hydrogens (tertiary/aromatic N) is 2. The Balaban J connectivity index is 1.98. The van der Waals surface area contributed by atoms with Crippen molar-refractivity contribution in [2.75, 3.05) is 0 Å². The smallest absolute Gasteiger partial charge is 0.335 e. The van der Waals surface area contributed by atoms with Gasteiger partial charge in [0, 0.05) is 10.3 Å². The van der Waals surface area contributed by atoms with Gasteiger partial charge in [0.2, 0.25) is 11.8 Å². The van der Waals surface area contributed by atoms with Crippen molar-refractivity contribution in [2.24, 2.45) is 0 Å². The van der Waals surface area contributed by atoms with Crippen LogP contribution in [0.1, 0.15) is 42.9 Å². The van der Waals surface area contributed by atoms with E-state index in [0.29, 0.717) is 17.5 Å². The fourth-order valence-corrected chi connectivity index (χ4v) is 2.19. The molecule has 0 atom stereocenters. The second-order valence-electron chi connectivity index (χ2n) is 5.37. The largest absolute Gasteiger partial charge is 0.478 e. The summed E-state index contributed by atoms with van der Waals surface area (Å²) >= 11 is 1.53. The Morgan fingerprint density at radius 3 is 2.40 bits per heavy atom. The monoisotopic (exact) mass is 292 g/mol. The van der Waals surface area contributed by atoms with E-state index in [-0.39, 0.29) is 11.0 Å². The zero-order chi connectivity index (χ0) is 14.8. The number of hydrogen-bond donors (Lipinski definition) is 1. The predicted molar refractivity (Wildman–Crippen MR) is 76.0 cm³/mol. The Morgan fingerprint density at radius 2 is 1.90 bits per heavy atom. The van der Waals surface area contributed by atoms with Gasteiger partial charge in [0.25, 0.3) is 0 Å². The van der Waals surface area contributed by atoms with Crippen molar-refractivity contribution in [1.29, 1.82) is 0 Å². The van der Waals surface area contributed by atoms with Crippen LogP contribution in [0.25, 0.3) is 0 Å². The first-order valence-electron chi connectivity index (χ1n) is 6.15. The highest BCUT2D eigenvalue weighted by atomic mass is 32.2. The van der Waals surface area contributed by atoms with Gasteiger partial charge in [-0.05, 0) is 24.3 Å². The van der Waals surface area contributed by atoms with E-state index in [9.17, 15) is 4.79 Å². The van der Waals surface area contributed by atoms with Gasteiger partial charge in [-0.3, -0.25) is 0 Å². The van der Waals surface area contributed by atoms with Crippen LogP contribution in [-0.4, -0.2) is 21.3 Å². The minimum atomic E-state index is -0.923. The first-order valence-corrected chi connectivity index (χ1v) is 7.14. The summed E-state index contributed by atoms with van der Waals surface area (Å²) in [6.07, 6.45) is 0. The fraction of sp³-hybridized carbons (Fsp3) is 0.357. The lowest BCUT2D eigenvalue weighted by Crippen LogP contribution is -2.11. The van der Waals surface area contributed by atoms with Gasteiger partial charge in [-0.1, -0.05) is 20.8 Å². The topological polar surface area (TPSA) is 76.2 Å². The van der Waals surface area contributed by atoms with Crippen LogP contribution in [-0.2, 0) is 11.2 Å². The molecule has 1 heterocycles. The average Bonchev–Trinajstić information content (AvgIpc) is 2.85. The van der Waals surface area contributed by atoms with Crippen molar-refractivity contribution >= 4 is 17.7 Å². The van der Waals surface area contributed by atoms with Gasteiger partial charge in [-0.15, -0.1) is 22.0 Å². The summed E-state index contributed by atoms with van der Waals surface area (Å²) in [5.41, 5.74) is 0.126. The van der Waals surface area contributed by atoms with Crippen LogP contribution in [0.3, 0.4) is 0 Å². The van der Waals surface area contributed by atoms with Crippen molar-refractivity contribution in [2.45, 2.75) is 36.8 Å². The maximum Gasteiger partial charge on any atom is 0.335 e. The number of hydrogen-bond acceptors (Lipinski definition) is 5. The molecule has 1 aromatic heterocycles. The third kappa shape index (κ3) is 3.60. The predicted octanol–water partition coefficient (Wildman–Crippen LogP) is 3.36. The van der Waals surface area contributed by atoms with E-state index >= 15 is 0 Å². The molecule has 1 N–H and O–H groups in total. The Labute approximate surface area is 121 Å². The van der Waals surface area contributed by atoms with Gasteiger partial charge < -0.3 is 9.52 Å². The zero-order valence-corrected chi connectivity index (χ0v) is 12.4. The molecule has 106 valence electrons. The molecule has 1 aromatic carbocycles. The summed E-state index contributed by atoms with van der Waals surface area (Å²) in [5.74, 6) is 0.833. The zero-order valence-electron chi connectivity index (χ0n) is 11.6. The molecule has 0 aliphatic heterocycles. The van der Waals surface area contributed by atoms with Gasteiger partial charge in [-0.2, -0.15) is 0 Å². The Bertz CT molecular complexity index is 600. The van der Waals surface area contributed by atoms with Crippen LogP contribution in [0.15, 0.2) is 33.6 Å². The lowest BCUT2D eigenvalue weighted by atomic mass is 9.97. The van der Waals surface area contributed by atoms with Crippen LogP contribution in [0.5, 0.6) is 0 Å². The van der Waals surface area contributed by atoms with E-state index in [4.69, 9.17) is 9.52 Å². The van der Waals surface area contributed by atoms with Crippen molar-refractivity contribution in [1.82, 2.24) is 10.2 Å². The molecule has 0 unspecified atom stereocenters. The van der Waals surface area contributed by atoms with Crippen LogP contribution in [0.4, 0.5) is 0 Å².